The summed E-state index contributed by atoms with van der Waals surface area (Å²) in [7, 11) is 0. The van der Waals surface area contributed by atoms with E-state index < -0.39 is 35.1 Å². The lowest BCUT2D eigenvalue weighted by Gasteiger charge is -2.17. The molecule has 0 radical (unpaired) electrons. The summed E-state index contributed by atoms with van der Waals surface area (Å²) in [4.78, 5) is 20.4. The number of amidine groups is 1. The number of anilines is 3. The number of nitrogens with two attached hydrogens (primary N) is 1. The highest BCUT2D eigenvalue weighted by atomic mass is 19.4. The molecule has 0 aliphatic carbocycles. The Morgan fingerprint density at radius 2 is 1.79 bits per heavy atom. The number of hydrogen-bond donors (Lipinski definition) is 4. The second-order valence-electron chi connectivity index (χ2n) is 6.98. The minimum atomic E-state index is -4.73. The van der Waals surface area contributed by atoms with E-state index in [0.29, 0.717) is 42.1 Å². The SMILES string of the molecule is NC1=Nc2c(Oc3ccc(NC(=O)Nc4cc(C(F)(F)F)ccc4F)c(F)c3)ccnc2NC1. The number of urea groups is 1. The number of nitrogens with one attached hydrogen (secondary N) is 3. The Kier molecular flexibility index (Phi) is 5.92. The van der Waals surface area contributed by atoms with Gasteiger partial charge in [0.2, 0.25) is 0 Å². The number of halogens is 5. The van der Waals surface area contributed by atoms with E-state index in [4.69, 9.17) is 10.5 Å². The highest BCUT2D eigenvalue weighted by Gasteiger charge is 2.31. The molecule has 8 nitrogen and oxygen atoms in total. The number of fused-ring (bicyclic) bond motifs is 1. The van der Waals surface area contributed by atoms with Gasteiger partial charge in [0.15, 0.2) is 11.6 Å². The number of hydrogen-bond acceptors (Lipinski definition) is 6. The number of amides is 2. The maximum Gasteiger partial charge on any atom is 0.416 e. The van der Waals surface area contributed by atoms with Crippen molar-refractivity contribution >= 4 is 34.7 Å². The van der Waals surface area contributed by atoms with Crippen LogP contribution in [0, 0.1) is 11.6 Å². The van der Waals surface area contributed by atoms with Crippen molar-refractivity contribution in [3.63, 3.8) is 0 Å². The third-order valence-corrected chi connectivity index (χ3v) is 4.54. The lowest BCUT2D eigenvalue weighted by molar-refractivity contribution is -0.137. The molecular weight excluding hydrogens is 463 g/mol. The van der Waals surface area contributed by atoms with Crippen molar-refractivity contribution in [3.8, 4) is 11.5 Å². The number of carbonyl (C=O) groups excluding carboxylic acids is 1. The molecule has 1 aliphatic heterocycles. The zero-order valence-electron chi connectivity index (χ0n) is 17.0. The molecule has 0 saturated carbocycles. The van der Waals surface area contributed by atoms with Gasteiger partial charge in [-0.05, 0) is 30.3 Å². The topological polar surface area (TPSA) is 114 Å². The Morgan fingerprint density at radius 1 is 1.03 bits per heavy atom. The smallest absolute Gasteiger partial charge is 0.416 e. The molecule has 2 aromatic carbocycles. The van der Waals surface area contributed by atoms with E-state index in [2.05, 4.69) is 20.6 Å². The van der Waals surface area contributed by atoms with Crippen LogP contribution < -0.4 is 26.4 Å². The first-order valence-corrected chi connectivity index (χ1v) is 9.58. The third kappa shape index (κ3) is 4.98. The van der Waals surface area contributed by atoms with Crippen molar-refractivity contribution in [2.45, 2.75) is 6.18 Å². The number of ether oxygens (including phenoxy) is 1. The molecule has 0 atom stereocenters. The van der Waals surface area contributed by atoms with Crippen LogP contribution in [0.1, 0.15) is 5.56 Å². The number of aromatic nitrogens is 1. The second kappa shape index (κ2) is 8.84. The molecule has 5 N–H and O–H groups in total. The average Bonchev–Trinajstić information content (AvgIpc) is 2.77. The van der Waals surface area contributed by atoms with E-state index in [-0.39, 0.29) is 17.2 Å². The van der Waals surface area contributed by atoms with Gasteiger partial charge < -0.3 is 26.4 Å². The van der Waals surface area contributed by atoms with Crippen molar-refractivity contribution < 1.29 is 31.5 Å². The van der Waals surface area contributed by atoms with Crippen molar-refractivity contribution in [2.24, 2.45) is 10.7 Å². The Bertz CT molecular complexity index is 1300. The molecule has 3 aromatic rings. The molecule has 0 unspecified atom stereocenters. The van der Waals surface area contributed by atoms with Crippen LogP contribution in [-0.2, 0) is 6.18 Å². The fraction of sp³-hybridized carbons (Fsp3) is 0.0952. The van der Waals surface area contributed by atoms with Gasteiger partial charge in [-0.15, -0.1) is 0 Å². The van der Waals surface area contributed by atoms with Crippen LogP contribution in [-0.4, -0.2) is 23.4 Å². The molecule has 1 aliphatic rings. The summed E-state index contributed by atoms with van der Waals surface area (Å²) < 4.78 is 72.4. The van der Waals surface area contributed by atoms with Crippen molar-refractivity contribution in [1.29, 1.82) is 0 Å². The van der Waals surface area contributed by atoms with Gasteiger partial charge in [-0.1, -0.05) is 0 Å². The molecule has 0 spiro atoms. The van der Waals surface area contributed by atoms with Crippen LogP contribution in [0.5, 0.6) is 11.5 Å². The number of benzene rings is 2. The fourth-order valence-electron chi connectivity index (χ4n) is 2.97. The van der Waals surface area contributed by atoms with Gasteiger partial charge >= 0.3 is 12.2 Å². The van der Waals surface area contributed by atoms with E-state index in [1.54, 1.807) is 0 Å². The van der Waals surface area contributed by atoms with Crippen LogP contribution in [0.2, 0.25) is 0 Å². The minimum absolute atomic E-state index is 0.0557. The summed E-state index contributed by atoms with van der Waals surface area (Å²) in [5.41, 5.74) is 3.85. The number of nitrogens with zero attached hydrogens (tertiary/aromatic N) is 2. The summed E-state index contributed by atoms with van der Waals surface area (Å²) in [6.45, 7) is 0.310. The van der Waals surface area contributed by atoms with Crippen LogP contribution >= 0.6 is 0 Å². The lowest BCUT2D eigenvalue weighted by Crippen LogP contribution is -2.25. The highest BCUT2D eigenvalue weighted by molar-refractivity contribution is 6.00. The number of carbonyl (C=O) groups is 1. The predicted octanol–water partition coefficient (Wildman–Crippen LogP) is 5.23. The van der Waals surface area contributed by atoms with Crippen LogP contribution in [0.4, 0.5) is 49.6 Å². The number of rotatable bonds is 4. The molecule has 0 bridgehead atoms. The van der Waals surface area contributed by atoms with Crippen LogP contribution in [0.15, 0.2) is 53.7 Å². The molecule has 34 heavy (non-hydrogen) atoms. The van der Waals surface area contributed by atoms with Crippen LogP contribution in [0.25, 0.3) is 0 Å². The van der Waals surface area contributed by atoms with E-state index in [1.165, 1.54) is 18.3 Å². The standard InChI is InChI=1S/C21H15F5N6O2/c22-12-3-1-10(21(24,25)26)7-15(12)31-20(33)30-14-4-2-11(8-13(14)23)34-16-5-6-28-19-18(16)32-17(27)9-29-19/h1-8H,9H2,(H2,27,32)(H,28,29)(H2,30,31,33). The molecule has 13 heteroatoms. The van der Waals surface area contributed by atoms with Crippen molar-refractivity contribution in [3.05, 3.63) is 65.9 Å². The van der Waals surface area contributed by atoms with Gasteiger partial charge in [0.25, 0.3) is 0 Å². The molecular formula is C21H15F5N6O2. The predicted molar refractivity (Wildman–Crippen MR) is 115 cm³/mol. The summed E-state index contributed by atoms with van der Waals surface area (Å²) in [5, 5.41) is 6.98. The largest absolute Gasteiger partial charge is 0.455 e. The number of alkyl halides is 3. The van der Waals surface area contributed by atoms with Crippen molar-refractivity contribution in [2.75, 3.05) is 22.5 Å². The normalized spacial score (nSPS) is 12.8. The Balaban J connectivity index is 1.47. The highest BCUT2D eigenvalue weighted by Crippen LogP contribution is 2.38. The number of pyridine rings is 1. The molecule has 2 amide bonds. The Morgan fingerprint density at radius 3 is 2.53 bits per heavy atom. The van der Waals surface area contributed by atoms with E-state index in [9.17, 15) is 26.7 Å². The first-order valence-electron chi connectivity index (χ1n) is 9.58. The van der Waals surface area contributed by atoms with E-state index in [0.717, 1.165) is 12.1 Å². The third-order valence-electron chi connectivity index (χ3n) is 4.54. The van der Waals surface area contributed by atoms with Crippen LogP contribution in [0.3, 0.4) is 0 Å². The van der Waals surface area contributed by atoms with E-state index >= 15 is 0 Å². The van der Waals surface area contributed by atoms with Gasteiger partial charge in [-0.2, -0.15) is 13.2 Å². The molecule has 176 valence electrons. The summed E-state index contributed by atoms with van der Waals surface area (Å²) >= 11 is 0. The van der Waals surface area contributed by atoms with Gasteiger partial charge in [0, 0.05) is 18.3 Å². The molecule has 0 saturated heterocycles. The molecule has 4 rings (SSSR count). The van der Waals surface area contributed by atoms with Gasteiger partial charge in [0.1, 0.15) is 28.9 Å². The quantitative estimate of drug-likeness (QED) is 0.384. The molecule has 2 heterocycles. The summed E-state index contributed by atoms with van der Waals surface area (Å²) in [6, 6.07) is 5.35. The fourth-order valence-corrected chi connectivity index (χ4v) is 2.97. The molecule has 0 fully saturated rings. The zero-order valence-corrected chi connectivity index (χ0v) is 17.0. The van der Waals surface area contributed by atoms with Gasteiger partial charge in [-0.25, -0.2) is 23.6 Å². The van der Waals surface area contributed by atoms with Gasteiger partial charge in [-0.3, -0.25) is 0 Å². The Hall–Kier alpha value is -4.42. The monoisotopic (exact) mass is 478 g/mol. The summed E-state index contributed by atoms with van der Waals surface area (Å²) in [6.07, 6.45) is -3.27. The second-order valence-corrected chi connectivity index (χ2v) is 6.98. The minimum Gasteiger partial charge on any atom is -0.455 e. The van der Waals surface area contributed by atoms with E-state index in [1.807, 2.05) is 5.32 Å². The van der Waals surface area contributed by atoms with Gasteiger partial charge in [0.05, 0.1) is 23.5 Å². The maximum atomic E-state index is 14.5. The first-order chi connectivity index (χ1) is 16.1. The Labute approximate surface area is 188 Å². The molecule has 1 aromatic heterocycles. The average molecular weight is 478 g/mol. The zero-order chi connectivity index (χ0) is 24.5. The summed E-state index contributed by atoms with van der Waals surface area (Å²) in [5.74, 6) is -0.964. The first kappa shape index (κ1) is 22.8. The maximum absolute atomic E-state index is 14.5. The number of aliphatic imine (C=N–C) groups is 1. The lowest BCUT2D eigenvalue weighted by atomic mass is 10.2. The van der Waals surface area contributed by atoms with Crippen molar-refractivity contribution in [1.82, 2.24) is 4.98 Å².